The molecule has 18 heavy (non-hydrogen) atoms. The molecular weight excluding hydrogens is 222 g/mol. The fraction of sp³-hybridized carbons (Fsp3) is 0.600. The minimum atomic E-state index is 0.637. The van der Waals surface area contributed by atoms with E-state index >= 15 is 0 Å². The molecule has 3 heteroatoms. The summed E-state index contributed by atoms with van der Waals surface area (Å²) in [5.41, 5.74) is 7.14. The minimum absolute atomic E-state index is 0.637. The topological polar surface area (TPSA) is 32.5 Å². The van der Waals surface area contributed by atoms with Crippen molar-refractivity contribution >= 4 is 0 Å². The van der Waals surface area contributed by atoms with Crippen molar-refractivity contribution in [3.63, 3.8) is 0 Å². The molecule has 0 spiro atoms. The summed E-state index contributed by atoms with van der Waals surface area (Å²) in [6.07, 6.45) is 1.11. The fourth-order valence-corrected chi connectivity index (χ4v) is 2.83. The van der Waals surface area contributed by atoms with Gasteiger partial charge in [0.15, 0.2) is 0 Å². The lowest BCUT2D eigenvalue weighted by molar-refractivity contribution is 0.0707. The normalized spacial score (nSPS) is 22.2. The molecule has 0 aliphatic carbocycles. The smallest absolute Gasteiger partial charge is 0.0235 e. The number of rotatable bonds is 5. The molecule has 1 aromatic carbocycles. The molecule has 0 bridgehead atoms. The van der Waals surface area contributed by atoms with Crippen LogP contribution in [0.25, 0.3) is 0 Å². The summed E-state index contributed by atoms with van der Waals surface area (Å²) in [6, 6.07) is 11.4. The van der Waals surface area contributed by atoms with Gasteiger partial charge >= 0.3 is 0 Å². The van der Waals surface area contributed by atoms with Gasteiger partial charge in [-0.3, -0.25) is 9.80 Å². The first-order valence-electron chi connectivity index (χ1n) is 7.04. The van der Waals surface area contributed by atoms with Gasteiger partial charge in [0.2, 0.25) is 0 Å². The van der Waals surface area contributed by atoms with Gasteiger partial charge in [-0.25, -0.2) is 0 Å². The second-order valence-corrected chi connectivity index (χ2v) is 5.08. The van der Waals surface area contributed by atoms with Crippen LogP contribution >= 0.6 is 0 Å². The van der Waals surface area contributed by atoms with Gasteiger partial charge in [0.05, 0.1) is 0 Å². The monoisotopic (exact) mass is 247 g/mol. The number of benzene rings is 1. The average molecular weight is 247 g/mol. The van der Waals surface area contributed by atoms with Crippen LogP contribution in [0.15, 0.2) is 30.3 Å². The van der Waals surface area contributed by atoms with E-state index in [1.165, 1.54) is 18.7 Å². The molecule has 1 heterocycles. The van der Waals surface area contributed by atoms with Crippen molar-refractivity contribution in [3.05, 3.63) is 35.9 Å². The third kappa shape index (κ3) is 3.55. The summed E-state index contributed by atoms with van der Waals surface area (Å²) in [5.74, 6) is 0. The van der Waals surface area contributed by atoms with Crippen LogP contribution in [-0.2, 0) is 6.54 Å². The molecule has 2 rings (SSSR count). The fourth-order valence-electron chi connectivity index (χ4n) is 2.83. The van der Waals surface area contributed by atoms with E-state index < -0.39 is 0 Å². The van der Waals surface area contributed by atoms with E-state index in [9.17, 15) is 0 Å². The van der Waals surface area contributed by atoms with Crippen molar-refractivity contribution in [2.24, 2.45) is 5.73 Å². The molecule has 0 aromatic heterocycles. The number of likely N-dealkylation sites (N-methyl/N-ethyl adjacent to an activating group) is 1. The first kappa shape index (κ1) is 13.5. The molecule has 3 nitrogen and oxygen atoms in total. The highest BCUT2D eigenvalue weighted by molar-refractivity contribution is 5.14. The zero-order valence-electron chi connectivity index (χ0n) is 11.4. The number of nitrogens with zero attached hydrogens (tertiary/aromatic N) is 2. The molecule has 1 fully saturated rings. The SMILES string of the molecule is CCN1CCN(Cc2ccccc2)C[C@@H]1CCN. The molecule has 0 unspecified atom stereocenters. The first-order valence-corrected chi connectivity index (χ1v) is 7.04. The molecule has 1 aromatic rings. The third-order valence-electron chi connectivity index (χ3n) is 3.84. The zero-order chi connectivity index (χ0) is 12.8. The largest absolute Gasteiger partial charge is 0.330 e. The van der Waals surface area contributed by atoms with E-state index in [0.29, 0.717) is 6.04 Å². The molecule has 0 amide bonds. The summed E-state index contributed by atoms with van der Waals surface area (Å²) in [5, 5.41) is 0. The van der Waals surface area contributed by atoms with Gasteiger partial charge in [-0.05, 0) is 25.1 Å². The van der Waals surface area contributed by atoms with E-state index in [4.69, 9.17) is 5.73 Å². The number of hydrogen-bond acceptors (Lipinski definition) is 3. The summed E-state index contributed by atoms with van der Waals surface area (Å²) in [7, 11) is 0. The molecule has 0 radical (unpaired) electrons. The lowest BCUT2D eigenvalue weighted by Crippen LogP contribution is -2.53. The summed E-state index contributed by atoms with van der Waals surface area (Å²) >= 11 is 0. The predicted molar refractivity (Wildman–Crippen MR) is 76.4 cm³/mol. The number of nitrogens with two attached hydrogens (primary N) is 1. The van der Waals surface area contributed by atoms with Crippen LogP contribution in [0.1, 0.15) is 18.9 Å². The second-order valence-electron chi connectivity index (χ2n) is 5.08. The molecule has 1 saturated heterocycles. The zero-order valence-corrected chi connectivity index (χ0v) is 11.4. The van der Waals surface area contributed by atoms with Crippen LogP contribution in [0.2, 0.25) is 0 Å². The molecule has 100 valence electrons. The average Bonchev–Trinajstić information content (AvgIpc) is 2.41. The summed E-state index contributed by atoms with van der Waals surface area (Å²) in [6.45, 7) is 8.75. The van der Waals surface area contributed by atoms with Crippen molar-refractivity contribution in [1.82, 2.24) is 9.80 Å². The Bertz CT molecular complexity index is 339. The van der Waals surface area contributed by atoms with Gasteiger partial charge in [0.25, 0.3) is 0 Å². The van der Waals surface area contributed by atoms with E-state index in [1.54, 1.807) is 0 Å². The molecule has 1 atom stereocenters. The minimum Gasteiger partial charge on any atom is -0.330 e. The van der Waals surface area contributed by atoms with Gasteiger partial charge in [-0.2, -0.15) is 0 Å². The highest BCUT2D eigenvalue weighted by Crippen LogP contribution is 2.14. The van der Waals surface area contributed by atoms with Crippen LogP contribution in [0.3, 0.4) is 0 Å². The maximum atomic E-state index is 5.73. The van der Waals surface area contributed by atoms with E-state index in [-0.39, 0.29) is 0 Å². The molecule has 1 aliphatic rings. The maximum Gasteiger partial charge on any atom is 0.0235 e. The Morgan fingerprint density at radius 2 is 2.00 bits per heavy atom. The highest BCUT2D eigenvalue weighted by Gasteiger charge is 2.24. The summed E-state index contributed by atoms with van der Waals surface area (Å²) in [4.78, 5) is 5.12. The van der Waals surface area contributed by atoms with Crippen molar-refractivity contribution in [2.75, 3.05) is 32.7 Å². The molecule has 0 saturated carbocycles. The second kappa shape index (κ2) is 6.88. The van der Waals surface area contributed by atoms with Gasteiger partial charge in [-0.15, -0.1) is 0 Å². The third-order valence-corrected chi connectivity index (χ3v) is 3.84. The molecular formula is C15H25N3. The Morgan fingerprint density at radius 3 is 2.67 bits per heavy atom. The quantitative estimate of drug-likeness (QED) is 0.856. The van der Waals surface area contributed by atoms with Crippen LogP contribution < -0.4 is 5.73 Å². The van der Waals surface area contributed by atoms with E-state index in [1.807, 2.05) is 0 Å². The Hall–Kier alpha value is -0.900. The highest BCUT2D eigenvalue weighted by atomic mass is 15.3. The van der Waals surface area contributed by atoms with Crippen molar-refractivity contribution in [2.45, 2.75) is 25.9 Å². The molecule has 1 aliphatic heterocycles. The lowest BCUT2D eigenvalue weighted by Gasteiger charge is -2.41. The Labute approximate surface area is 111 Å². The van der Waals surface area contributed by atoms with Crippen LogP contribution in [0, 0.1) is 0 Å². The standard InChI is InChI=1S/C15H25N3/c1-2-18-11-10-17(13-15(18)8-9-16)12-14-6-4-3-5-7-14/h3-7,15H,2,8-13,16H2,1H3/t15-/m0/s1. The van der Waals surface area contributed by atoms with Crippen molar-refractivity contribution in [1.29, 1.82) is 0 Å². The van der Waals surface area contributed by atoms with Crippen LogP contribution in [0.5, 0.6) is 0 Å². The van der Waals surface area contributed by atoms with Crippen LogP contribution in [0.4, 0.5) is 0 Å². The lowest BCUT2D eigenvalue weighted by atomic mass is 10.1. The number of hydrogen-bond donors (Lipinski definition) is 1. The van der Waals surface area contributed by atoms with Crippen molar-refractivity contribution < 1.29 is 0 Å². The van der Waals surface area contributed by atoms with Gasteiger partial charge in [0.1, 0.15) is 0 Å². The maximum absolute atomic E-state index is 5.73. The van der Waals surface area contributed by atoms with E-state index in [2.05, 4.69) is 47.1 Å². The predicted octanol–water partition coefficient (Wildman–Crippen LogP) is 1.54. The number of piperazine rings is 1. The first-order chi connectivity index (χ1) is 8.83. The molecule has 2 N–H and O–H groups in total. The Balaban J connectivity index is 1.91. The van der Waals surface area contributed by atoms with E-state index in [0.717, 1.165) is 32.6 Å². The van der Waals surface area contributed by atoms with Gasteiger partial charge in [0, 0.05) is 32.2 Å². The van der Waals surface area contributed by atoms with Crippen LogP contribution in [-0.4, -0.2) is 48.6 Å². The summed E-state index contributed by atoms with van der Waals surface area (Å²) < 4.78 is 0. The van der Waals surface area contributed by atoms with Gasteiger partial charge < -0.3 is 5.73 Å². The Morgan fingerprint density at radius 1 is 1.22 bits per heavy atom. The van der Waals surface area contributed by atoms with Crippen molar-refractivity contribution in [3.8, 4) is 0 Å². The Kier molecular flexibility index (Phi) is 5.17. The van der Waals surface area contributed by atoms with Gasteiger partial charge in [-0.1, -0.05) is 37.3 Å².